The molecular weight excluding hydrogens is 277 g/mol. The molecular formula is C15H19ClFN3. The molecule has 3 nitrogen and oxygen atoms in total. The fourth-order valence-electron chi connectivity index (χ4n) is 2.37. The third-order valence-electron chi connectivity index (χ3n) is 3.55. The normalized spacial score (nSPS) is 12.7. The van der Waals surface area contributed by atoms with Crippen LogP contribution in [0.5, 0.6) is 0 Å². The molecule has 0 aliphatic rings. The lowest BCUT2D eigenvalue weighted by atomic mass is 9.94. The standard InChI is InChI=1S/C15H19ClFN3/c1-3-13-15(16)14(20(2)19-13)8-11(9-18)10-5-4-6-12(17)7-10/h4-7,11H,3,8-9,18H2,1-2H3. The number of hydrogen-bond donors (Lipinski definition) is 1. The van der Waals surface area contributed by atoms with E-state index < -0.39 is 0 Å². The fourth-order valence-corrected chi connectivity index (χ4v) is 2.74. The van der Waals surface area contributed by atoms with Crippen molar-refractivity contribution in [2.75, 3.05) is 6.54 Å². The summed E-state index contributed by atoms with van der Waals surface area (Å²) >= 11 is 6.35. The van der Waals surface area contributed by atoms with E-state index in [1.54, 1.807) is 10.7 Å². The van der Waals surface area contributed by atoms with Gasteiger partial charge in [-0.15, -0.1) is 0 Å². The molecule has 2 N–H and O–H groups in total. The van der Waals surface area contributed by atoms with E-state index >= 15 is 0 Å². The third kappa shape index (κ3) is 3.02. The molecule has 1 aromatic carbocycles. The highest BCUT2D eigenvalue weighted by Gasteiger charge is 2.18. The van der Waals surface area contributed by atoms with Crippen molar-refractivity contribution in [2.45, 2.75) is 25.7 Å². The zero-order chi connectivity index (χ0) is 14.7. The topological polar surface area (TPSA) is 43.8 Å². The Bertz CT molecular complexity index is 595. The van der Waals surface area contributed by atoms with Gasteiger partial charge in [-0.2, -0.15) is 5.10 Å². The van der Waals surface area contributed by atoms with E-state index in [9.17, 15) is 4.39 Å². The van der Waals surface area contributed by atoms with Crippen LogP contribution in [0, 0.1) is 5.82 Å². The number of halogens is 2. The van der Waals surface area contributed by atoms with Gasteiger partial charge < -0.3 is 5.73 Å². The number of hydrogen-bond acceptors (Lipinski definition) is 2. The van der Waals surface area contributed by atoms with Crippen LogP contribution < -0.4 is 5.73 Å². The van der Waals surface area contributed by atoms with Crippen molar-refractivity contribution in [1.29, 1.82) is 0 Å². The Morgan fingerprint density at radius 3 is 2.75 bits per heavy atom. The molecule has 0 amide bonds. The highest BCUT2D eigenvalue weighted by atomic mass is 35.5. The molecule has 108 valence electrons. The molecule has 0 spiro atoms. The highest BCUT2D eigenvalue weighted by Crippen LogP contribution is 2.27. The molecule has 1 heterocycles. The van der Waals surface area contributed by atoms with Crippen LogP contribution in [0.25, 0.3) is 0 Å². The Morgan fingerprint density at radius 2 is 2.20 bits per heavy atom. The summed E-state index contributed by atoms with van der Waals surface area (Å²) < 4.78 is 15.1. The first-order valence-electron chi connectivity index (χ1n) is 6.72. The van der Waals surface area contributed by atoms with E-state index in [0.717, 1.165) is 23.4 Å². The SMILES string of the molecule is CCc1nn(C)c(CC(CN)c2cccc(F)c2)c1Cl. The van der Waals surface area contributed by atoms with E-state index in [-0.39, 0.29) is 11.7 Å². The van der Waals surface area contributed by atoms with Crippen LogP contribution in [0.3, 0.4) is 0 Å². The predicted octanol–water partition coefficient (Wildman–Crippen LogP) is 3.06. The number of aromatic nitrogens is 2. The molecule has 1 atom stereocenters. The van der Waals surface area contributed by atoms with Crippen molar-refractivity contribution in [3.8, 4) is 0 Å². The second kappa shape index (κ2) is 6.37. The number of rotatable bonds is 5. The lowest BCUT2D eigenvalue weighted by Gasteiger charge is -2.15. The Kier molecular flexibility index (Phi) is 4.78. The van der Waals surface area contributed by atoms with Gasteiger partial charge in [-0.3, -0.25) is 4.68 Å². The molecule has 0 aliphatic carbocycles. The van der Waals surface area contributed by atoms with Crippen molar-refractivity contribution >= 4 is 11.6 Å². The first-order valence-corrected chi connectivity index (χ1v) is 7.10. The molecule has 20 heavy (non-hydrogen) atoms. The van der Waals surface area contributed by atoms with Gasteiger partial charge >= 0.3 is 0 Å². The summed E-state index contributed by atoms with van der Waals surface area (Å²) in [5.41, 5.74) is 8.57. The van der Waals surface area contributed by atoms with Gasteiger partial charge in [0.2, 0.25) is 0 Å². The highest BCUT2D eigenvalue weighted by molar-refractivity contribution is 6.31. The monoisotopic (exact) mass is 295 g/mol. The van der Waals surface area contributed by atoms with E-state index in [1.165, 1.54) is 12.1 Å². The maximum absolute atomic E-state index is 13.3. The maximum atomic E-state index is 13.3. The number of nitrogens with zero attached hydrogens (tertiary/aromatic N) is 2. The van der Waals surface area contributed by atoms with Crippen LogP contribution in [0.1, 0.15) is 29.8 Å². The molecule has 1 unspecified atom stereocenters. The van der Waals surface area contributed by atoms with Gasteiger partial charge in [-0.1, -0.05) is 30.7 Å². The van der Waals surface area contributed by atoms with Crippen LogP contribution in [0.15, 0.2) is 24.3 Å². The van der Waals surface area contributed by atoms with Crippen LogP contribution in [-0.2, 0) is 19.9 Å². The van der Waals surface area contributed by atoms with E-state index in [0.29, 0.717) is 18.0 Å². The second-order valence-electron chi connectivity index (χ2n) is 4.88. The van der Waals surface area contributed by atoms with E-state index in [2.05, 4.69) is 5.10 Å². The van der Waals surface area contributed by atoms with Gasteiger partial charge in [-0.25, -0.2) is 4.39 Å². The van der Waals surface area contributed by atoms with Gasteiger partial charge in [0.1, 0.15) is 5.82 Å². The summed E-state index contributed by atoms with van der Waals surface area (Å²) in [7, 11) is 1.87. The van der Waals surface area contributed by atoms with Crippen molar-refractivity contribution < 1.29 is 4.39 Å². The molecule has 5 heteroatoms. The molecule has 0 bridgehead atoms. The molecule has 0 aliphatic heterocycles. The summed E-state index contributed by atoms with van der Waals surface area (Å²) in [5.74, 6) is -0.213. The zero-order valence-corrected chi connectivity index (χ0v) is 12.5. The first-order chi connectivity index (χ1) is 9.56. The van der Waals surface area contributed by atoms with Crippen molar-refractivity contribution in [3.63, 3.8) is 0 Å². The van der Waals surface area contributed by atoms with Crippen LogP contribution in [0.4, 0.5) is 4.39 Å². The molecule has 2 rings (SSSR count). The molecule has 2 aromatic rings. The van der Waals surface area contributed by atoms with Gasteiger partial charge in [0.15, 0.2) is 0 Å². The molecule has 0 saturated carbocycles. The first kappa shape index (κ1) is 15.0. The van der Waals surface area contributed by atoms with Gasteiger partial charge in [-0.05, 0) is 37.1 Å². The maximum Gasteiger partial charge on any atom is 0.123 e. The van der Waals surface area contributed by atoms with Crippen LogP contribution in [-0.4, -0.2) is 16.3 Å². The molecule has 1 aromatic heterocycles. The Hall–Kier alpha value is -1.39. The molecule has 0 saturated heterocycles. The van der Waals surface area contributed by atoms with E-state index in [1.807, 2.05) is 20.0 Å². The average Bonchev–Trinajstić information content (AvgIpc) is 2.71. The summed E-state index contributed by atoms with van der Waals surface area (Å²) in [6.07, 6.45) is 1.45. The Balaban J connectivity index is 2.29. The Labute approximate surface area is 123 Å². The van der Waals surface area contributed by atoms with E-state index in [4.69, 9.17) is 17.3 Å². The van der Waals surface area contributed by atoms with Crippen molar-refractivity contribution in [1.82, 2.24) is 9.78 Å². The Morgan fingerprint density at radius 1 is 1.45 bits per heavy atom. The molecule has 0 radical (unpaired) electrons. The minimum atomic E-state index is -0.244. The average molecular weight is 296 g/mol. The van der Waals surface area contributed by atoms with Crippen molar-refractivity contribution in [3.05, 3.63) is 52.1 Å². The molecule has 0 fully saturated rings. The second-order valence-corrected chi connectivity index (χ2v) is 5.25. The van der Waals surface area contributed by atoms with Gasteiger partial charge in [0.25, 0.3) is 0 Å². The number of aryl methyl sites for hydroxylation is 2. The lowest BCUT2D eigenvalue weighted by Crippen LogP contribution is -2.17. The number of benzene rings is 1. The summed E-state index contributed by atoms with van der Waals surface area (Å²) in [6.45, 7) is 2.46. The summed E-state index contributed by atoms with van der Waals surface area (Å²) in [5, 5.41) is 5.10. The summed E-state index contributed by atoms with van der Waals surface area (Å²) in [4.78, 5) is 0. The largest absolute Gasteiger partial charge is 0.330 e. The summed E-state index contributed by atoms with van der Waals surface area (Å²) in [6, 6.07) is 6.56. The smallest absolute Gasteiger partial charge is 0.123 e. The quantitative estimate of drug-likeness (QED) is 0.921. The fraction of sp³-hybridized carbons (Fsp3) is 0.400. The minimum Gasteiger partial charge on any atom is -0.330 e. The third-order valence-corrected chi connectivity index (χ3v) is 3.98. The lowest BCUT2D eigenvalue weighted by molar-refractivity contribution is 0.605. The van der Waals surface area contributed by atoms with Crippen LogP contribution in [0.2, 0.25) is 5.02 Å². The number of nitrogens with two attached hydrogens (primary N) is 1. The van der Waals surface area contributed by atoms with Crippen LogP contribution >= 0.6 is 11.6 Å². The predicted molar refractivity (Wildman–Crippen MR) is 79.5 cm³/mol. The zero-order valence-electron chi connectivity index (χ0n) is 11.7. The van der Waals surface area contributed by atoms with Gasteiger partial charge in [0.05, 0.1) is 16.4 Å². The minimum absolute atomic E-state index is 0.0308. The van der Waals surface area contributed by atoms with Crippen molar-refractivity contribution in [2.24, 2.45) is 12.8 Å². The van der Waals surface area contributed by atoms with Gasteiger partial charge in [0, 0.05) is 13.0 Å².